The molecule has 0 unspecified atom stereocenters. The minimum absolute atomic E-state index is 0.0457. The van der Waals surface area contributed by atoms with Gasteiger partial charge in [-0.3, -0.25) is 9.59 Å². The summed E-state index contributed by atoms with van der Waals surface area (Å²) in [5, 5.41) is 8.53. The van der Waals surface area contributed by atoms with Crippen LogP contribution in [0, 0.1) is 0 Å². The van der Waals surface area contributed by atoms with Crippen LogP contribution >= 0.6 is 0 Å². The highest BCUT2D eigenvalue weighted by molar-refractivity contribution is 6.36. The van der Waals surface area contributed by atoms with Crippen LogP contribution in [0.2, 0.25) is 0 Å². The third-order valence-electron chi connectivity index (χ3n) is 3.09. The lowest BCUT2D eigenvalue weighted by Crippen LogP contribution is -2.18. The van der Waals surface area contributed by atoms with E-state index in [1.54, 1.807) is 0 Å². The summed E-state index contributed by atoms with van der Waals surface area (Å²) < 4.78 is 0. The fourth-order valence-corrected chi connectivity index (χ4v) is 2.10. The Morgan fingerprint density at radius 2 is 1.48 bits per heavy atom. The molecule has 21 heavy (non-hydrogen) atoms. The molecular weight excluding hydrogens is 268 g/mol. The van der Waals surface area contributed by atoms with Crippen molar-refractivity contribution >= 4 is 17.5 Å². The molecule has 1 N–H and O–H groups in total. The molecule has 0 atom stereocenters. The maximum Gasteiger partial charge on any atom is 0.372 e. The predicted octanol–water partition coefficient (Wildman–Crippen LogP) is 2.51. The van der Waals surface area contributed by atoms with E-state index in [-0.39, 0.29) is 6.42 Å². The van der Waals surface area contributed by atoms with Crippen molar-refractivity contribution in [1.29, 1.82) is 0 Å². The molecule has 0 amide bonds. The Hall–Kier alpha value is -2.75. The molecule has 0 spiro atoms. The van der Waals surface area contributed by atoms with Crippen LogP contribution in [0.3, 0.4) is 0 Å². The van der Waals surface area contributed by atoms with Crippen LogP contribution in [0.4, 0.5) is 0 Å². The highest BCUT2D eigenvalue weighted by atomic mass is 16.4. The number of carboxylic acid groups (broad SMARTS) is 1. The summed E-state index contributed by atoms with van der Waals surface area (Å²) >= 11 is 0. The molecule has 0 bridgehead atoms. The first-order chi connectivity index (χ1) is 10.1. The number of ketones is 2. The number of carboxylic acids is 1. The fourth-order valence-electron chi connectivity index (χ4n) is 2.10. The maximum absolute atomic E-state index is 11.8. The van der Waals surface area contributed by atoms with E-state index < -0.39 is 24.0 Å². The third kappa shape index (κ3) is 3.86. The molecule has 106 valence electrons. The van der Waals surface area contributed by atoms with Gasteiger partial charge in [-0.15, -0.1) is 0 Å². The van der Waals surface area contributed by atoms with E-state index in [0.717, 1.165) is 16.7 Å². The van der Waals surface area contributed by atoms with E-state index in [2.05, 4.69) is 0 Å². The molecular formula is C17H14O4. The molecule has 0 radical (unpaired) electrons. The Morgan fingerprint density at radius 1 is 0.857 bits per heavy atom. The largest absolute Gasteiger partial charge is 0.475 e. The Morgan fingerprint density at radius 3 is 2.14 bits per heavy atom. The average Bonchev–Trinajstić information content (AvgIpc) is 2.48. The van der Waals surface area contributed by atoms with E-state index in [1.807, 2.05) is 54.6 Å². The summed E-state index contributed by atoms with van der Waals surface area (Å²) in [5.74, 6) is -3.04. The second-order valence-electron chi connectivity index (χ2n) is 4.64. The zero-order valence-electron chi connectivity index (χ0n) is 11.3. The van der Waals surface area contributed by atoms with Crippen molar-refractivity contribution in [3.8, 4) is 11.1 Å². The summed E-state index contributed by atoms with van der Waals surface area (Å²) in [7, 11) is 0. The summed E-state index contributed by atoms with van der Waals surface area (Å²) in [5.41, 5.74) is 2.67. The molecule has 4 nitrogen and oxygen atoms in total. The van der Waals surface area contributed by atoms with Gasteiger partial charge < -0.3 is 5.11 Å². The molecule has 0 heterocycles. The first-order valence-electron chi connectivity index (χ1n) is 6.49. The van der Waals surface area contributed by atoms with Crippen molar-refractivity contribution in [2.75, 3.05) is 0 Å². The number of rotatable bonds is 6. The number of carbonyl (C=O) groups excluding carboxylic acids is 2. The van der Waals surface area contributed by atoms with Crippen molar-refractivity contribution < 1.29 is 19.5 Å². The molecule has 4 heteroatoms. The second-order valence-corrected chi connectivity index (χ2v) is 4.64. The lowest BCUT2D eigenvalue weighted by atomic mass is 9.95. The van der Waals surface area contributed by atoms with Crippen molar-refractivity contribution in [3.05, 3.63) is 60.2 Å². The van der Waals surface area contributed by atoms with Gasteiger partial charge in [0.1, 0.15) is 5.78 Å². The number of hydrogen-bond acceptors (Lipinski definition) is 3. The van der Waals surface area contributed by atoms with Gasteiger partial charge in [-0.2, -0.15) is 0 Å². The van der Waals surface area contributed by atoms with Crippen molar-refractivity contribution in [3.63, 3.8) is 0 Å². The zero-order chi connectivity index (χ0) is 15.2. The Bertz CT molecular complexity index is 674. The van der Waals surface area contributed by atoms with Crippen LogP contribution in [0.15, 0.2) is 54.6 Å². The quantitative estimate of drug-likeness (QED) is 0.652. The van der Waals surface area contributed by atoms with Gasteiger partial charge in [-0.25, -0.2) is 4.79 Å². The van der Waals surface area contributed by atoms with Crippen LogP contribution < -0.4 is 0 Å². The standard InChI is InChI=1S/C17H14O4/c18-14(11-16(19)17(20)21)10-13-8-4-5-9-15(13)12-6-2-1-3-7-12/h1-9H,10-11H2,(H,20,21). The van der Waals surface area contributed by atoms with Gasteiger partial charge in [0, 0.05) is 6.42 Å². The molecule has 2 aromatic rings. The molecule has 2 rings (SSSR count). The topological polar surface area (TPSA) is 71.4 Å². The number of carbonyl (C=O) groups is 3. The van der Waals surface area contributed by atoms with Crippen molar-refractivity contribution in [2.45, 2.75) is 12.8 Å². The SMILES string of the molecule is O=C(CC(=O)C(=O)O)Cc1ccccc1-c1ccccc1. The molecule has 0 aliphatic carbocycles. The lowest BCUT2D eigenvalue weighted by molar-refractivity contribution is -0.150. The smallest absolute Gasteiger partial charge is 0.372 e. The van der Waals surface area contributed by atoms with Crippen LogP contribution in [0.5, 0.6) is 0 Å². The van der Waals surface area contributed by atoms with Gasteiger partial charge in [0.2, 0.25) is 5.78 Å². The Labute approximate surface area is 122 Å². The summed E-state index contributed by atoms with van der Waals surface area (Å²) in [6.07, 6.45) is -0.525. The van der Waals surface area contributed by atoms with Gasteiger partial charge in [-0.05, 0) is 16.7 Å². The van der Waals surface area contributed by atoms with Crippen LogP contribution in [0.25, 0.3) is 11.1 Å². The van der Waals surface area contributed by atoms with Gasteiger partial charge >= 0.3 is 5.97 Å². The van der Waals surface area contributed by atoms with E-state index in [4.69, 9.17) is 5.11 Å². The van der Waals surface area contributed by atoms with Gasteiger partial charge in [0.25, 0.3) is 0 Å². The summed E-state index contributed by atoms with van der Waals surface area (Å²) in [6, 6.07) is 17.0. The number of aliphatic carboxylic acids is 1. The maximum atomic E-state index is 11.8. The van der Waals surface area contributed by atoms with Crippen molar-refractivity contribution in [1.82, 2.24) is 0 Å². The first-order valence-corrected chi connectivity index (χ1v) is 6.49. The fraction of sp³-hybridized carbons (Fsp3) is 0.118. The van der Waals surface area contributed by atoms with Crippen LogP contribution in [-0.2, 0) is 20.8 Å². The normalized spacial score (nSPS) is 10.1. The minimum Gasteiger partial charge on any atom is -0.475 e. The predicted molar refractivity (Wildman–Crippen MR) is 77.8 cm³/mol. The number of Topliss-reactive ketones (excluding diaryl/α,β-unsaturated/α-hetero) is 2. The number of hydrogen-bond donors (Lipinski definition) is 1. The highest BCUT2D eigenvalue weighted by Gasteiger charge is 2.17. The van der Waals surface area contributed by atoms with Gasteiger partial charge in [0.15, 0.2) is 0 Å². The lowest BCUT2D eigenvalue weighted by Gasteiger charge is -2.08. The molecule has 0 aliphatic heterocycles. The number of benzene rings is 2. The van der Waals surface area contributed by atoms with Gasteiger partial charge in [0.05, 0.1) is 6.42 Å². The molecule has 0 aromatic heterocycles. The summed E-state index contributed by atoms with van der Waals surface area (Å²) in [4.78, 5) is 33.4. The van der Waals surface area contributed by atoms with E-state index >= 15 is 0 Å². The molecule has 2 aromatic carbocycles. The van der Waals surface area contributed by atoms with Crippen molar-refractivity contribution in [2.24, 2.45) is 0 Å². The minimum atomic E-state index is -1.57. The van der Waals surface area contributed by atoms with E-state index in [0.29, 0.717) is 0 Å². The molecule has 0 saturated carbocycles. The molecule has 0 aliphatic rings. The first kappa shape index (κ1) is 14.7. The Kier molecular flexibility index (Phi) is 4.61. The second kappa shape index (κ2) is 6.61. The average molecular weight is 282 g/mol. The monoisotopic (exact) mass is 282 g/mol. The van der Waals surface area contributed by atoms with E-state index in [1.165, 1.54) is 0 Å². The molecule has 0 fully saturated rings. The summed E-state index contributed by atoms with van der Waals surface area (Å²) in [6.45, 7) is 0. The van der Waals surface area contributed by atoms with Gasteiger partial charge in [-0.1, -0.05) is 54.6 Å². The van der Waals surface area contributed by atoms with Crippen LogP contribution in [-0.4, -0.2) is 22.6 Å². The molecule has 0 saturated heterocycles. The van der Waals surface area contributed by atoms with E-state index in [9.17, 15) is 14.4 Å². The highest BCUT2D eigenvalue weighted by Crippen LogP contribution is 2.24. The third-order valence-corrected chi connectivity index (χ3v) is 3.09. The zero-order valence-corrected chi connectivity index (χ0v) is 11.3. The Balaban J connectivity index is 2.20. The van der Waals surface area contributed by atoms with Crippen LogP contribution in [0.1, 0.15) is 12.0 Å².